The lowest BCUT2D eigenvalue weighted by Crippen LogP contribution is -2.30. The van der Waals surface area contributed by atoms with Crippen LogP contribution >= 0.6 is 0 Å². The van der Waals surface area contributed by atoms with Crippen LogP contribution < -0.4 is 0 Å². The Labute approximate surface area is 177 Å². The summed E-state index contributed by atoms with van der Waals surface area (Å²) in [5, 5.41) is 0. The SMILES string of the molecule is CCCCC(CC)COC(=O)OC1CCC(OC(=O)OCCCCC(C)C)CC1. The minimum absolute atomic E-state index is 0.160. The molecule has 0 heterocycles. The van der Waals surface area contributed by atoms with Crippen molar-refractivity contribution in [3.05, 3.63) is 0 Å². The van der Waals surface area contributed by atoms with Crippen LogP contribution in [-0.2, 0) is 18.9 Å². The normalized spacial score (nSPS) is 20.2. The van der Waals surface area contributed by atoms with E-state index in [0.29, 0.717) is 50.7 Å². The summed E-state index contributed by atoms with van der Waals surface area (Å²) in [6.45, 7) is 9.49. The molecule has 1 saturated carbocycles. The quantitative estimate of drug-likeness (QED) is 0.248. The number of unbranched alkanes of at least 4 members (excludes halogenated alkanes) is 2. The summed E-state index contributed by atoms with van der Waals surface area (Å²) in [6.07, 6.45) is 8.67. The highest BCUT2D eigenvalue weighted by Gasteiger charge is 2.27. The highest BCUT2D eigenvalue weighted by atomic mass is 16.7. The third kappa shape index (κ3) is 12.7. The highest BCUT2D eigenvalue weighted by Crippen LogP contribution is 2.24. The van der Waals surface area contributed by atoms with E-state index in [1.807, 2.05) is 0 Å². The fourth-order valence-electron chi connectivity index (χ4n) is 3.50. The summed E-state index contributed by atoms with van der Waals surface area (Å²) in [5.74, 6) is 1.08. The Morgan fingerprint density at radius 1 is 0.828 bits per heavy atom. The monoisotopic (exact) mass is 414 g/mol. The lowest BCUT2D eigenvalue weighted by Gasteiger charge is -2.27. The standard InChI is InChI=1S/C23H42O6/c1-5-7-11-19(6-2)17-27-23(25)29-21-14-12-20(13-15-21)28-22(24)26-16-9-8-10-18(3)4/h18-21H,5-17H2,1-4H3. The van der Waals surface area contributed by atoms with Gasteiger partial charge in [0, 0.05) is 0 Å². The Hall–Kier alpha value is -1.46. The lowest BCUT2D eigenvalue weighted by atomic mass is 9.95. The molecule has 0 aromatic heterocycles. The van der Waals surface area contributed by atoms with Gasteiger partial charge in [0.2, 0.25) is 0 Å². The van der Waals surface area contributed by atoms with Gasteiger partial charge in [0.05, 0.1) is 13.2 Å². The van der Waals surface area contributed by atoms with Gasteiger partial charge in [0.15, 0.2) is 0 Å². The molecule has 0 aromatic carbocycles. The Balaban J connectivity index is 2.12. The Morgan fingerprint density at radius 2 is 1.41 bits per heavy atom. The molecule has 29 heavy (non-hydrogen) atoms. The topological polar surface area (TPSA) is 71.1 Å². The third-order valence-corrected chi connectivity index (χ3v) is 5.52. The van der Waals surface area contributed by atoms with Crippen molar-refractivity contribution < 1.29 is 28.5 Å². The van der Waals surface area contributed by atoms with E-state index >= 15 is 0 Å². The molecule has 0 aromatic rings. The van der Waals surface area contributed by atoms with Crippen molar-refractivity contribution in [3.63, 3.8) is 0 Å². The van der Waals surface area contributed by atoms with Crippen LogP contribution in [0.3, 0.4) is 0 Å². The molecule has 1 atom stereocenters. The molecule has 6 heteroatoms. The molecule has 0 radical (unpaired) electrons. The maximum absolute atomic E-state index is 11.9. The van der Waals surface area contributed by atoms with Gasteiger partial charge in [-0.25, -0.2) is 9.59 Å². The lowest BCUT2D eigenvalue weighted by molar-refractivity contribution is -0.0296. The molecule has 170 valence electrons. The molecule has 0 bridgehead atoms. The predicted octanol–water partition coefficient (Wildman–Crippen LogP) is 6.65. The number of rotatable bonds is 13. The summed E-state index contributed by atoms with van der Waals surface area (Å²) >= 11 is 0. The second-order valence-corrected chi connectivity index (χ2v) is 8.60. The van der Waals surface area contributed by atoms with Gasteiger partial charge < -0.3 is 18.9 Å². The second-order valence-electron chi connectivity index (χ2n) is 8.60. The van der Waals surface area contributed by atoms with Crippen molar-refractivity contribution in [2.75, 3.05) is 13.2 Å². The van der Waals surface area contributed by atoms with Crippen molar-refractivity contribution >= 4 is 12.3 Å². The molecule has 1 aliphatic carbocycles. The minimum atomic E-state index is -0.587. The molecule has 6 nitrogen and oxygen atoms in total. The molecule has 0 amide bonds. The molecule has 0 spiro atoms. The molecule has 1 aliphatic rings. The first kappa shape index (κ1) is 25.6. The largest absolute Gasteiger partial charge is 0.508 e. The first-order chi connectivity index (χ1) is 13.9. The van der Waals surface area contributed by atoms with E-state index in [-0.39, 0.29) is 12.2 Å². The van der Waals surface area contributed by atoms with Crippen LogP contribution in [-0.4, -0.2) is 37.7 Å². The number of carbonyl (C=O) groups is 2. The average molecular weight is 415 g/mol. The van der Waals surface area contributed by atoms with Gasteiger partial charge in [-0.15, -0.1) is 0 Å². The first-order valence-electron chi connectivity index (χ1n) is 11.6. The minimum Gasteiger partial charge on any atom is -0.434 e. The van der Waals surface area contributed by atoms with Gasteiger partial charge in [-0.1, -0.05) is 53.4 Å². The second kappa shape index (κ2) is 15.4. The zero-order chi connectivity index (χ0) is 21.5. The molecule has 1 rings (SSSR count). The summed E-state index contributed by atoms with van der Waals surface area (Å²) in [6, 6.07) is 0. The molecular weight excluding hydrogens is 372 g/mol. The molecule has 0 saturated heterocycles. The van der Waals surface area contributed by atoms with Crippen LogP contribution in [0.5, 0.6) is 0 Å². The van der Waals surface area contributed by atoms with Gasteiger partial charge in [0.1, 0.15) is 12.2 Å². The maximum atomic E-state index is 11.9. The van der Waals surface area contributed by atoms with Gasteiger partial charge >= 0.3 is 12.3 Å². The smallest absolute Gasteiger partial charge is 0.434 e. The van der Waals surface area contributed by atoms with E-state index in [4.69, 9.17) is 18.9 Å². The van der Waals surface area contributed by atoms with Crippen molar-refractivity contribution in [1.29, 1.82) is 0 Å². The summed E-state index contributed by atoms with van der Waals surface area (Å²) in [5.41, 5.74) is 0. The molecule has 1 unspecified atom stereocenters. The zero-order valence-electron chi connectivity index (χ0n) is 19.0. The van der Waals surface area contributed by atoms with Gasteiger partial charge in [-0.3, -0.25) is 0 Å². The average Bonchev–Trinajstić information content (AvgIpc) is 2.69. The molecular formula is C23H42O6. The summed E-state index contributed by atoms with van der Waals surface area (Å²) in [7, 11) is 0. The van der Waals surface area contributed by atoms with E-state index in [9.17, 15) is 9.59 Å². The van der Waals surface area contributed by atoms with Crippen LogP contribution in [0, 0.1) is 11.8 Å². The molecule has 0 N–H and O–H groups in total. The Kier molecular flexibility index (Phi) is 13.6. The molecule has 1 fully saturated rings. The number of hydrogen-bond donors (Lipinski definition) is 0. The van der Waals surface area contributed by atoms with Crippen LogP contribution in [0.4, 0.5) is 9.59 Å². The van der Waals surface area contributed by atoms with Crippen LogP contribution in [0.2, 0.25) is 0 Å². The van der Waals surface area contributed by atoms with E-state index < -0.39 is 12.3 Å². The molecule has 0 aliphatic heterocycles. The fraction of sp³-hybridized carbons (Fsp3) is 0.913. The van der Waals surface area contributed by atoms with Gasteiger partial charge in [0.25, 0.3) is 0 Å². The van der Waals surface area contributed by atoms with Crippen molar-refractivity contribution in [1.82, 2.24) is 0 Å². The van der Waals surface area contributed by atoms with E-state index in [0.717, 1.165) is 44.9 Å². The Bertz CT molecular complexity index is 443. The Morgan fingerprint density at radius 3 is 1.93 bits per heavy atom. The summed E-state index contributed by atoms with van der Waals surface area (Å²) in [4.78, 5) is 23.7. The van der Waals surface area contributed by atoms with Crippen LogP contribution in [0.1, 0.15) is 98.3 Å². The van der Waals surface area contributed by atoms with Crippen LogP contribution in [0.25, 0.3) is 0 Å². The van der Waals surface area contributed by atoms with Gasteiger partial charge in [-0.2, -0.15) is 0 Å². The number of hydrogen-bond acceptors (Lipinski definition) is 6. The van der Waals surface area contributed by atoms with E-state index in [2.05, 4.69) is 27.7 Å². The number of carbonyl (C=O) groups excluding carboxylic acids is 2. The summed E-state index contributed by atoms with van der Waals surface area (Å²) < 4.78 is 21.2. The van der Waals surface area contributed by atoms with Crippen molar-refractivity contribution in [2.45, 2.75) is 111 Å². The maximum Gasteiger partial charge on any atom is 0.508 e. The van der Waals surface area contributed by atoms with Crippen molar-refractivity contribution in [3.8, 4) is 0 Å². The number of ether oxygens (including phenoxy) is 4. The first-order valence-corrected chi connectivity index (χ1v) is 11.6. The van der Waals surface area contributed by atoms with Gasteiger partial charge in [-0.05, 0) is 56.8 Å². The predicted molar refractivity (Wildman–Crippen MR) is 113 cm³/mol. The van der Waals surface area contributed by atoms with E-state index in [1.165, 1.54) is 0 Å². The van der Waals surface area contributed by atoms with E-state index in [1.54, 1.807) is 0 Å². The highest BCUT2D eigenvalue weighted by molar-refractivity contribution is 5.60. The third-order valence-electron chi connectivity index (χ3n) is 5.52. The zero-order valence-corrected chi connectivity index (χ0v) is 19.0. The fourth-order valence-corrected chi connectivity index (χ4v) is 3.50. The van der Waals surface area contributed by atoms with Crippen molar-refractivity contribution in [2.24, 2.45) is 11.8 Å². The van der Waals surface area contributed by atoms with Crippen LogP contribution in [0.15, 0.2) is 0 Å².